The van der Waals surface area contributed by atoms with Crippen molar-refractivity contribution in [1.29, 1.82) is 0 Å². The molecule has 132 valence electrons. The summed E-state index contributed by atoms with van der Waals surface area (Å²) in [6.45, 7) is 0. The van der Waals surface area contributed by atoms with E-state index in [-0.39, 0.29) is 17.8 Å². The summed E-state index contributed by atoms with van der Waals surface area (Å²) in [6, 6.07) is 14.7. The van der Waals surface area contributed by atoms with Crippen molar-refractivity contribution < 1.29 is 18.7 Å². The second-order valence-corrected chi connectivity index (χ2v) is 5.21. The van der Waals surface area contributed by atoms with Gasteiger partial charge in [0.2, 0.25) is 0 Å². The second kappa shape index (κ2) is 7.98. The Labute approximate surface area is 150 Å². The van der Waals surface area contributed by atoms with E-state index in [1.807, 2.05) is 30.3 Å². The van der Waals surface area contributed by atoms with Crippen molar-refractivity contribution in [2.24, 2.45) is 0 Å². The number of benzene rings is 2. The van der Waals surface area contributed by atoms with Gasteiger partial charge in [-0.2, -0.15) is 0 Å². The van der Waals surface area contributed by atoms with Crippen LogP contribution in [0.5, 0.6) is 11.5 Å². The Kier molecular flexibility index (Phi) is 5.28. The lowest BCUT2D eigenvalue weighted by Gasteiger charge is -2.07. The Morgan fingerprint density at radius 2 is 1.88 bits per heavy atom. The van der Waals surface area contributed by atoms with Crippen molar-refractivity contribution in [3.05, 3.63) is 60.2 Å². The van der Waals surface area contributed by atoms with Gasteiger partial charge >= 0.3 is 6.01 Å². The number of anilines is 1. The summed E-state index contributed by atoms with van der Waals surface area (Å²) in [4.78, 5) is 12.0. The predicted octanol–water partition coefficient (Wildman–Crippen LogP) is 3.41. The first kappa shape index (κ1) is 17.2. The third-order valence-corrected chi connectivity index (χ3v) is 3.52. The van der Waals surface area contributed by atoms with Crippen LogP contribution in [0.1, 0.15) is 5.56 Å². The molecule has 0 aliphatic carbocycles. The number of amides is 1. The van der Waals surface area contributed by atoms with Crippen molar-refractivity contribution in [3.63, 3.8) is 0 Å². The van der Waals surface area contributed by atoms with Gasteiger partial charge < -0.3 is 13.9 Å². The third-order valence-electron chi connectivity index (χ3n) is 3.52. The lowest BCUT2D eigenvalue weighted by Crippen LogP contribution is -2.07. The van der Waals surface area contributed by atoms with Gasteiger partial charge in [-0.1, -0.05) is 35.4 Å². The van der Waals surface area contributed by atoms with Crippen molar-refractivity contribution >= 4 is 18.0 Å². The number of ether oxygens (including phenoxy) is 2. The highest BCUT2D eigenvalue weighted by molar-refractivity contribution is 6.00. The monoisotopic (exact) mass is 351 g/mol. The Morgan fingerprint density at radius 3 is 2.62 bits per heavy atom. The van der Waals surface area contributed by atoms with E-state index in [4.69, 9.17) is 13.9 Å². The van der Waals surface area contributed by atoms with Crippen LogP contribution in [0.2, 0.25) is 0 Å². The summed E-state index contributed by atoms with van der Waals surface area (Å²) in [6.07, 6.45) is 3.09. The number of methoxy groups -OCH3 is 2. The van der Waals surface area contributed by atoms with Gasteiger partial charge in [0.25, 0.3) is 11.8 Å². The van der Waals surface area contributed by atoms with Gasteiger partial charge in [-0.05, 0) is 29.8 Å². The Morgan fingerprint density at radius 1 is 1.08 bits per heavy atom. The van der Waals surface area contributed by atoms with Crippen LogP contribution in [-0.4, -0.2) is 30.3 Å². The standard InChI is InChI=1S/C19H17N3O4/c1-24-14-9-10-16(25-2)15(12-14)18-21-22-19(26-18)20-17(23)11-8-13-6-4-3-5-7-13/h3-12H,1-2H3,(H,20,22,23)/b11-8+. The van der Waals surface area contributed by atoms with Crippen LogP contribution in [0.4, 0.5) is 6.01 Å². The number of carbonyl (C=O) groups excluding carboxylic acids is 1. The van der Waals surface area contributed by atoms with E-state index in [1.165, 1.54) is 6.08 Å². The third kappa shape index (κ3) is 4.07. The molecule has 0 fully saturated rings. The molecule has 0 spiro atoms. The van der Waals surface area contributed by atoms with E-state index in [2.05, 4.69) is 15.5 Å². The van der Waals surface area contributed by atoms with Gasteiger partial charge in [0.1, 0.15) is 11.5 Å². The first-order valence-corrected chi connectivity index (χ1v) is 7.79. The van der Waals surface area contributed by atoms with E-state index in [9.17, 15) is 4.79 Å². The molecule has 0 aliphatic rings. The van der Waals surface area contributed by atoms with Crippen molar-refractivity contribution in [1.82, 2.24) is 10.2 Å². The number of rotatable bonds is 6. The molecule has 2 aromatic carbocycles. The van der Waals surface area contributed by atoms with Gasteiger partial charge in [0.15, 0.2) is 0 Å². The summed E-state index contributed by atoms with van der Waals surface area (Å²) in [5.41, 5.74) is 1.48. The normalized spacial score (nSPS) is 10.7. The number of hydrogen-bond donors (Lipinski definition) is 1. The predicted molar refractivity (Wildman–Crippen MR) is 96.9 cm³/mol. The van der Waals surface area contributed by atoms with Crippen LogP contribution in [0.25, 0.3) is 17.5 Å². The summed E-state index contributed by atoms with van der Waals surface area (Å²) >= 11 is 0. The molecule has 0 bridgehead atoms. The van der Waals surface area contributed by atoms with E-state index < -0.39 is 0 Å². The highest BCUT2D eigenvalue weighted by Crippen LogP contribution is 2.33. The number of nitrogens with zero attached hydrogens (tertiary/aromatic N) is 2. The van der Waals surface area contributed by atoms with Crippen molar-refractivity contribution in [2.45, 2.75) is 0 Å². The molecule has 1 aromatic heterocycles. The lowest BCUT2D eigenvalue weighted by molar-refractivity contribution is -0.112. The summed E-state index contributed by atoms with van der Waals surface area (Å²) < 4.78 is 16.0. The molecule has 3 rings (SSSR count). The largest absolute Gasteiger partial charge is 0.497 e. The quantitative estimate of drug-likeness (QED) is 0.685. The van der Waals surface area contributed by atoms with Gasteiger partial charge in [-0.25, -0.2) is 0 Å². The van der Waals surface area contributed by atoms with Crippen LogP contribution in [0.3, 0.4) is 0 Å². The first-order valence-electron chi connectivity index (χ1n) is 7.79. The number of nitrogens with one attached hydrogen (secondary N) is 1. The fourth-order valence-corrected chi connectivity index (χ4v) is 2.25. The Hall–Kier alpha value is -3.61. The minimum absolute atomic E-state index is 0.00687. The lowest BCUT2D eigenvalue weighted by atomic mass is 10.2. The molecule has 0 saturated carbocycles. The molecule has 1 heterocycles. The summed E-state index contributed by atoms with van der Waals surface area (Å²) in [5, 5.41) is 10.3. The van der Waals surface area contributed by atoms with E-state index in [0.29, 0.717) is 17.1 Å². The topological polar surface area (TPSA) is 86.5 Å². The fourth-order valence-electron chi connectivity index (χ4n) is 2.25. The summed E-state index contributed by atoms with van der Waals surface area (Å²) in [5.74, 6) is 1.01. The summed E-state index contributed by atoms with van der Waals surface area (Å²) in [7, 11) is 3.10. The molecule has 3 aromatic rings. The SMILES string of the molecule is COc1ccc(OC)c(-c2nnc(NC(=O)/C=C/c3ccccc3)o2)c1. The molecule has 0 atom stereocenters. The van der Waals surface area contributed by atoms with Crippen molar-refractivity contribution in [2.75, 3.05) is 19.5 Å². The fraction of sp³-hybridized carbons (Fsp3) is 0.105. The molecule has 0 unspecified atom stereocenters. The number of hydrogen-bond acceptors (Lipinski definition) is 6. The molecule has 1 N–H and O–H groups in total. The second-order valence-electron chi connectivity index (χ2n) is 5.21. The van der Waals surface area contributed by atoms with E-state index >= 15 is 0 Å². The van der Waals surface area contributed by atoms with Crippen LogP contribution < -0.4 is 14.8 Å². The van der Waals surface area contributed by atoms with Gasteiger partial charge in [0.05, 0.1) is 19.8 Å². The molecule has 0 saturated heterocycles. The maximum Gasteiger partial charge on any atom is 0.322 e. The number of carbonyl (C=O) groups is 1. The van der Waals surface area contributed by atoms with Gasteiger partial charge in [-0.15, -0.1) is 5.10 Å². The highest BCUT2D eigenvalue weighted by Gasteiger charge is 2.15. The molecule has 26 heavy (non-hydrogen) atoms. The molecule has 0 aliphatic heterocycles. The zero-order chi connectivity index (χ0) is 18.4. The van der Waals surface area contributed by atoms with Crippen LogP contribution in [0.15, 0.2) is 59.0 Å². The molecule has 1 amide bonds. The zero-order valence-corrected chi connectivity index (χ0v) is 14.3. The smallest absolute Gasteiger partial charge is 0.322 e. The highest BCUT2D eigenvalue weighted by atomic mass is 16.5. The van der Waals surface area contributed by atoms with Crippen LogP contribution in [-0.2, 0) is 4.79 Å². The Balaban J connectivity index is 1.74. The van der Waals surface area contributed by atoms with E-state index in [1.54, 1.807) is 38.5 Å². The first-order chi connectivity index (χ1) is 12.7. The van der Waals surface area contributed by atoms with E-state index in [0.717, 1.165) is 5.56 Å². The van der Waals surface area contributed by atoms with Crippen LogP contribution in [0, 0.1) is 0 Å². The van der Waals surface area contributed by atoms with Gasteiger partial charge in [0, 0.05) is 6.08 Å². The molecular weight excluding hydrogens is 334 g/mol. The maximum absolute atomic E-state index is 12.0. The van der Waals surface area contributed by atoms with Gasteiger partial charge in [-0.3, -0.25) is 10.1 Å². The molecule has 7 nitrogen and oxygen atoms in total. The zero-order valence-electron chi connectivity index (χ0n) is 14.3. The van der Waals surface area contributed by atoms with Crippen molar-refractivity contribution in [3.8, 4) is 23.0 Å². The minimum atomic E-state index is -0.373. The maximum atomic E-state index is 12.0. The number of aromatic nitrogens is 2. The van der Waals surface area contributed by atoms with Crippen LogP contribution >= 0.6 is 0 Å². The molecule has 7 heteroatoms. The minimum Gasteiger partial charge on any atom is -0.497 e. The average Bonchev–Trinajstić information content (AvgIpc) is 3.15. The molecular formula is C19H17N3O4. The Bertz CT molecular complexity index is 920. The average molecular weight is 351 g/mol. The molecule has 0 radical (unpaired) electrons.